The van der Waals surface area contributed by atoms with Crippen molar-refractivity contribution >= 4 is 0 Å². The second kappa shape index (κ2) is 12.9. The number of rotatable bonds is 9. The van der Waals surface area contributed by atoms with Crippen LogP contribution in [0.1, 0.15) is 51.6 Å². The molecule has 0 spiro atoms. The van der Waals surface area contributed by atoms with Crippen molar-refractivity contribution in [1.29, 1.82) is 0 Å². The number of likely N-dealkylation sites (N-methyl/N-ethyl adjacent to an activating group) is 1. The molecular formula is C22H35N. The average Bonchev–Trinajstić information content (AvgIpc) is 2.56. The Hall–Kier alpha value is -1.60. The van der Waals surface area contributed by atoms with E-state index in [4.69, 9.17) is 0 Å². The van der Waals surface area contributed by atoms with Crippen LogP contribution in [0.3, 0.4) is 0 Å². The van der Waals surface area contributed by atoms with Crippen LogP contribution in [0.25, 0.3) is 0 Å². The topological polar surface area (TPSA) is 12.0 Å². The lowest BCUT2D eigenvalue weighted by molar-refractivity contribution is 0.590. The highest BCUT2D eigenvalue weighted by Crippen LogP contribution is 2.25. The summed E-state index contributed by atoms with van der Waals surface area (Å²) in [6.07, 6.45) is 7.55. The molecule has 0 aliphatic rings. The first-order valence-corrected chi connectivity index (χ1v) is 8.66. The number of benzene rings is 1. The van der Waals surface area contributed by atoms with E-state index in [1.54, 1.807) is 0 Å². The summed E-state index contributed by atoms with van der Waals surface area (Å²) in [4.78, 5) is 0. The Morgan fingerprint density at radius 2 is 1.78 bits per heavy atom. The summed E-state index contributed by atoms with van der Waals surface area (Å²) >= 11 is 0. The van der Waals surface area contributed by atoms with Gasteiger partial charge in [-0.2, -0.15) is 0 Å². The number of nitrogens with one attached hydrogen (secondary N) is 1. The molecule has 0 saturated carbocycles. The molecule has 0 heterocycles. The summed E-state index contributed by atoms with van der Waals surface area (Å²) in [5.41, 5.74) is 2.52. The van der Waals surface area contributed by atoms with E-state index in [-0.39, 0.29) is 6.04 Å². The van der Waals surface area contributed by atoms with Gasteiger partial charge in [0, 0.05) is 0 Å². The van der Waals surface area contributed by atoms with Gasteiger partial charge in [-0.05, 0) is 37.3 Å². The fourth-order valence-electron chi connectivity index (χ4n) is 2.46. The van der Waals surface area contributed by atoms with E-state index in [0.29, 0.717) is 11.8 Å². The van der Waals surface area contributed by atoms with Crippen molar-refractivity contribution in [1.82, 2.24) is 5.32 Å². The molecule has 0 bridgehead atoms. The first-order chi connectivity index (χ1) is 11.0. The monoisotopic (exact) mass is 313 g/mol. The summed E-state index contributed by atoms with van der Waals surface area (Å²) in [5.74, 6) is 1.17. The third-order valence-corrected chi connectivity index (χ3v) is 4.00. The zero-order valence-electron chi connectivity index (χ0n) is 15.5. The largest absolute Gasteiger partial charge is 0.310 e. The predicted molar refractivity (Wildman–Crippen MR) is 106 cm³/mol. The average molecular weight is 314 g/mol. The Labute approximate surface area is 144 Å². The lowest BCUT2D eigenvalue weighted by Crippen LogP contribution is -2.20. The first kappa shape index (κ1) is 21.4. The van der Waals surface area contributed by atoms with Crippen molar-refractivity contribution in [2.75, 3.05) is 7.05 Å². The molecule has 1 N–H and O–H groups in total. The minimum absolute atomic E-state index is 0.274. The minimum Gasteiger partial charge on any atom is -0.310 e. The van der Waals surface area contributed by atoms with Gasteiger partial charge < -0.3 is 5.32 Å². The molecule has 1 aromatic carbocycles. The van der Waals surface area contributed by atoms with Crippen LogP contribution in [0.15, 0.2) is 67.8 Å². The number of hydrogen-bond acceptors (Lipinski definition) is 1. The second-order valence-electron chi connectivity index (χ2n) is 6.17. The highest BCUT2D eigenvalue weighted by molar-refractivity contribution is 5.27. The van der Waals surface area contributed by atoms with Gasteiger partial charge in [0.25, 0.3) is 0 Å². The van der Waals surface area contributed by atoms with Crippen LogP contribution >= 0.6 is 0 Å². The highest BCUT2D eigenvalue weighted by Gasteiger charge is 2.14. The number of hydrogen-bond donors (Lipinski definition) is 1. The standard InChI is InChI=1S/C13H19N.C9H16/c1-10(2)11(3)13(14-4)12-8-6-5-7-9-12;1-4-7-9(6-3)8-5-2/h5-10,13-14H,3H2,1-2,4H3;4,6,9H,1,3,5,7-8H2,2H3. The van der Waals surface area contributed by atoms with Crippen LogP contribution in [-0.2, 0) is 0 Å². The van der Waals surface area contributed by atoms with Gasteiger partial charge in [-0.1, -0.05) is 81.8 Å². The summed E-state index contributed by atoms with van der Waals surface area (Å²) in [6.45, 7) is 18.1. The molecule has 0 saturated heterocycles. The van der Waals surface area contributed by atoms with E-state index in [9.17, 15) is 0 Å². The van der Waals surface area contributed by atoms with Gasteiger partial charge >= 0.3 is 0 Å². The first-order valence-electron chi connectivity index (χ1n) is 8.66. The maximum absolute atomic E-state index is 4.14. The van der Waals surface area contributed by atoms with Gasteiger partial charge in [0.05, 0.1) is 6.04 Å². The van der Waals surface area contributed by atoms with Gasteiger partial charge in [-0.15, -0.1) is 13.2 Å². The molecule has 0 fully saturated rings. The third-order valence-electron chi connectivity index (χ3n) is 4.00. The summed E-state index contributed by atoms with van der Waals surface area (Å²) in [7, 11) is 1.98. The van der Waals surface area contributed by atoms with Crippen molar-refractivity contribution in [2.45, 2.75) is 46.1 Å². The zero-order chi connectivity index (χ0) is 17.7. The molecule has 0 aromatic heterocycles. The van der Waals surface area contributed by atoms with Crippen LogP contribution in [0.2, 0.25) is 0 Å². The Bertz CT molecular complexity index is 444. The molecule has 0 aliphatic heterocycles. The normalized spacial score (nSPS) is 12.7. The molecule has 0 amide bonds. The SMILES string of the molecule is C=C(C(C)C)C(NC)c1ccccc1.C=CCC(C=C)CCC. The predicted octanol–water partition coefficient (Wildman–Crippen LogP) is 6.32. The molecule has 1 aromatic rings. The summed E-state index contributed by atoms with van der Waals surface area (Å²) in [5, 5.41) is 3.30. The smallest absolute Gasteiger partial charge is 0.0533 e. The van der Waals surface area contributed by atoms with Gasteiger partial charge in [0.1, 0.15) is 0 Å². The van der Waals surface area contributed by atoms with Crippen LogP contribution < -0.4 is 5.32 Å². The quantitative estimate of drug-likeness (QED) is 0.526. The molecule has 128 valence electrons. The molecule has 2 atom stereocenters. The van der Waals surface area contributed by atoms with Gasteiger partial charge in [-0.25, -0.2) is 0 Å². The fraction of sp³-hybridized carbons (Fsp3) is 0.455. The minimum atomic E-state index is 0.274. The third kappa shape index (κ3) is 8.56. The zero-order valence-corrected chi connectivity index (χ0v) is 15.5. The van der Waals surface area contributed by atoms with Crippen molar-refractivity contribution in [3.8, 4) is 0 Å². The van der Waals surface area contributed by atoms with Crippen LogP contribution in [0.4, 0.5) is 0 Å². The Balaban J connectivity index is 0.000000468. The second-order valence-corrected chi connectivity index (χ2v) is 6.17. The van der Waals surface area contributed by atoms with Gasteiger partial charge in [0.2, 0.25) is 0 Å². The van der Waals surface area contributed by atoms with E-state index in [2.05, 4.69) is 70.1 Å². The molecular weight excluding hydrogens is 278 g/mol. The van der Waals surface area contributed by atoms with E-state index in [0.717, 1.165) is 6.42 Å². The molecule has 1 rings (SSSR count). The van der Waals surface area contributed by atoms with Crippen molar-refractivity contribution in [3.05, 3.63) is 73.4 Å². The number of allylic oxidation sites excluding steroid dienone is 2. The Morgan fingerprint density at radius 3 is 2.17 bits per heavy atom. The molecule has 0 aliphatic carbocycles. The maximum atomic E-state index is 4.14. The van der Waals surface area contributed by atoms with Crippen molar-refractivity contribution < 1.29 is 0 Å². The van der Waals surface area contributed by atoms with E-state index in [1.807, 2.05) is 25.3 Å². The lowest BCUT2D eigenvalue weighted by atomic mass is 9.92. The van der Waals surface area contributed by atoms with Gasteiger partial charge in [-0.3, -0.25) is 0 Å². The van der Waals surface area contributed by atoms with Crippen LogP contribution in [0.5, 0.6) is 0 Å². The maximum Gasteiger partial charge on any atom is 0.0533 e. The van der Waals surface area contributed by atoms with E-state index in [1.165, 1.54) is 24.0 Å². The van der Waals surface area contributed by atoms with Crippen molar-refractivity contribution in [3.63, 3.8) is 0 Å². The highest BCUT2D eigenvalue weighted by atomic mass is 14.9. The summed E-state index contributed by atoms with van der Waals surface area (Å²) < 4.78 is 0. The molecule has 1 nitrogen and oxygen atoms in total. The van der Waals surface area contributed by atoms with E-state index < -0.39 is 0 Å². The fourth-order valence-corrected chi connectivity index (χ4v) is 2.46. The Kier molecular flexibility index (Phi) is 12.0. The van der Waals surface area contributed by atoms with Gasteiger partial charge in [0.15, 0.2) is 0 Å². The molecule has 2 unspecified atom stereocenters. The van der Waals surface area contributed by atoms with Crippen LogP contribution in [0, 0.1) is 11.8 Å². The molecule has 23 heavy (non-hydrogen) atoms. The van der Waals surface area contributed by atoms with E-state index >= 15 is 0 Å². The Morgan fingerprint density at radius 1 is 1.17 bits per heavy atom. The molecule has 0 radical (unpaired) electrons. The van der Waals surface area contributed by atoms with Crippen LogP contribution in [-0.4, -0.2) is 7.05 Å². The molecule has 1 heteroatoms. The van der Waals surface area contributed by atoms with Crippen molar-refractivity contribution in [2.24, 2.45) is 11.8 Å². The summed E-state index contributed by atoms with van der Waals surface area (Å²) in [6, 6.07) is 10.7. The lowest BCUT2D eigenvalue weighted by Gasteiger charge is -2.22.